The van der Waals surface area contributed by atoms with Gasteiger partial charge in [-0.2, -0.15) is 5.10 Å². The van der Waals surface area contributed by atoms with Gasteiger partial charge in [-0.15, -0.1) is 0 Å². The zero-order chi connectivity index (χ0) is 33.9. The Hall–Kier alpha value is -3.92. The fraction of sp³-hybridized carbons (Fsp3) is 0.579. The van der Waals surface area contributed by atoms with Crippen molar-refractivity contribution in [3.8, 4) is 11.4 Å². The first-order chi connectivity index (χ1) is 23.3. The number of carboxylic acids is 1. The number of nitrogens with zero attached hydrogens (tertiary/aromatic N) is 4. The zero-order valence-corrected chi connectivity index (χ0v) is 29.0. The van der Waals surface area contributed by atoms with Crippen LogP contribution in [-0.4, -0.2) is 76.6 Å². The van der Waals surface area contributed by atoms with Crippen molar-refractivity contribution in [2.45, 2.75) is 96.8 Å². The molecule has 0 radical (unpaired) electrons. The molecule has 4 heterocycles. The highest BCUT2D eigenvalue weighted by Crippen LogP contribution is 2.32. The number of benzene rings is 1. The molecule has 0 amide bonds. The second kappa shape index (κ2) is 17.5. The molecule has 2 unspecified atom stereocenters. The lowest BCUT2D eigenvalue weighted by atomic mass is 9.94. The molecule has 10 nitrogen and oxygen atoms in total. The number of aryl methyl sites for hydroxylation is 4. The summed E-state index contributed by atoms with van der Waals surface area (Å²) >= 11 is 0. The summed E-state index contributed by atoms with van der Waals surface area (Å²) < 4.78 is 13.4. The molecule has 0 saturated carbocycles. The molecule has 1 fully saturated rings. The highest BCUT2D eigenvalue weighted by molar-refractivity contribution is 5.70. The van der Waals surface area contributed by atoms with Gasteiger partial charge in [-0.25, -0.2) is 9.67 Å². The maximum absolute atomic E-state index is 12.7. The van der Waals surface area contributed by atoms with E-state index in [1.807, 2.05) is 24.6 Å². The first-order valence-corrected chi connectivity index (χ1v) is 17.8. The number of carboxylic acid groups (broad SMARTS) is 1. The van der Waals surface area contributed by atoms with Crippen LogP contribution < -0.4 is 10.1 Å². The van der Waals surface area contributed by atoms with E-state index >= 15 is 0 Å². The maximum Gasteiger partial charge on any atom is 0.306 e. The molecule has 3 aromatic rings. The summed E-state index contributed by atoms with van der Waals surface area (Å²) in [6.07, 6.45) is 10.5. The highest BCUT2D eigenvalue weighted by atomic mass is 16.5. The fourth-order valence-electron chi connectivity index (χ4n) is 7.09. The smallest absolute Gasteiger partial charge is 0.306 e. The Balaban J connectivity index is 1.24. The van der Waals surface area contributed by atoms with Gasteiger partial charge in [0.1, 0.15) is 11.6 Å². The topological polar surface area (TPSA) is 119 Å². The molecular weight excluding hydrogens is 606 g/mol. The Morgan fingerprint density at radius 2 is 1.92 bits per heavy atom. The Morgan fingerprint density at radius 1 is 1.08 bits per heavy atom. The van der Waals surface area contributed by atoms with Crippen molar-refractivity contribution in [1.82, 2.24) is 19.7 Å². The van der Waals surface area contributed by atoms with Gasteiger partial charge >= 0.3 is 11.9 Å². The number of fused-ring (bicyclic) bond motifs is 1. The number of ether oxygens (including phenoxy) is 2. The van der Waals surface area contributed by atoms with Gasteiger partial charge in [-0.1, -0.05) is 25.3 Å². The van der Waals surface area contributed by atoms with Crippen molar-refractivity contribution in [1.29, 1.82) is 0 Å². The standard InChI is InChI=1S/C38H53N5O5/c1-27-20-28(2)43(41-27)34-21-31(22-35(24-34)48-19-8-6-4-5-7-11-36(44)45)32(23-37(46)47-3)26-42-18-16-29(25-42)12-14-33-15-13-30-10-9-17-39-38(30)40-33/h13,15,20-22,24,29,32H,4-12,14,16-19,23,25-26H2,1-3H3,(H,39,40)(H,44,45). The quantitative estimate of drug-likeness (QED) is 0.114. The van der Waals surface area contributed by atoms with Crippen LogP contribution in [0.5, 0.6) is 5.75 Å². The number of aliphatic carboxylic acids is 1. The maximum atomic E-state index is 12.7. The predicted octanol–water partition coefficient (Wildman–Crippen LogP) is 6.65. The molecule has 5 rings (SSSR count). The van der Waals surface area contributed by atoms with Gasteiger partial charge in [0.25, 0.3) is 0 Å². The monoisotopic (exact) mass is 659 g/mol. The summed E-state index contributed by atoms with van der Waals surface area (Å²) in [5, 5.41) is 17.0. The Labute approximate surface area is 285 Å². The molecule has 2 N–H and O–H groups in total. The van der Waals surface area contributed by atoms with Crippen LogP contribution in [-0.2, 0) is 27.2 Å². The molecule has 260 valence electrons. The summed E-state index contributed by atoms with van der Waals surface area (Å²) in [5.41, 5.74) is 6.43. The van der Waals surface area contributed by atoms with E-state index in [2.05, 4.69) is 40.5 Å². The van der Waals surface area contributed by atoms with E-state index in [-0.39, 0.29) is 18.3 Å². The van der Waals surface area contributed by atoms with Crippen molar-refractivity contribution < 1.29 is 24.2 Å². The third-order valence-corrected chi connectivity index (χ3v) is 9.69. The number of likely N-dealkylation sites (tertiary alicyclic amines) is 1. The van der Waals surface area contributed by atoms with Gasteiger partial charge in [0, 0.05) is 49.4 Å². The number of anilines is 1. The zero-order valence-electron chi connectivity index (χ0n) is 29.0. The van der Waals surface area contributed by atoms with Gasteiger partial charge in [-0.05, 0) is 107 Å². The van der Waals surface area contributed by atoms with Crippen molar-refractivity contribution >= 4 is 17.8 Å². The third-order valence-electron chi connectivity index (χ3n) is 9.69. The summed E-state index contributed by atoms with van der Waals surface area (Å²) in [5.74, 6) is 1.42. The number of esters is 1. The minimum atomic E-state index is -0.733. The number of carbonyl (C=O) groups excluding carboxylic acids is 1. The molecule has 48 heavy (non-hydrogen) atoms. The molecule has 1 aromatic carbocycles. The molecule has 0 spiro atoms. The number of unbranched alkanes of at least 4 members (excludes halogenated alkanes) is 4. The Kier molecular flexibility index (Phi) is 12.9. The lowest BCUT2D eigenvalue weighted by Gasteiger charge is -2.25. The number of pyridine rings is 1. The summed E-state index contributed by atoms with van der Waals surface area (Å²) in [6, 6.07) is 12.8. The molecule has 2 aromatic heterocycles. The second-order valence-corrected chi connectivity index (χ2v) is 13.6. The van der Waals surface area contributed by atoms with Crippen LogP contribution in [0.3, 0.4) is 0 Å². The number of nitrogens with one attached hydrogen (secondary N) is 1. The van der Waals surface area contributed by atoms with E-state index in [9.17, 15) is 9.59 Å². The first-order valence-electron chi connectivity index (χ1n) is 17.8. The molecule has 10 heteroatoms. The summed E-state index contributed by atoms with van der Waals surface area (Å²) in [4.78, 5) is 30.9. The fourth-order valence-corrected chi connectivity index (χ4v) is 7.09. The first kappa shape index (κ1) is 35.4. The van der Waals surface area contributed by atoms with Crippen molar-refractivity contribution in [2.75, 3.05) is 45.2 Å². The number of hydrogen-bond donors (Lipinski definition) is 2. The van der Waals surface area contributed by atoms with Crippen molar-refractivity contribution in [3.05, 3.63) is 64.6 Å². The number of methoxy groups -OCH3 is 1. The Bertz CT molecular complexity index is 1520. The van der Waals surface area contributed by atoms with Crippen LogP contribution in [0.2, 0.25) is 0 Å². The van der Waals surface area contributed by atoms with E-state index in [0.717, 1.165) is 117 Å². The number of carbonyl (C=O) groups is 2. The van der Waals surface area contributed by atoms with Crippen molar-refractivity contribution in [2.24, 2.45) is 5.92 Å². The Morgan fingerprint density at radius 3 is 2.71 bits per heavy atom. The molecule has 2 atom stereocenters. The lowest BCUT2D eigenvalue weighted by molar-refractivity contribution is -0.141. The minimum absolute atomic E-state index is 0.0573. The number of hydrogen-bond acceptors (Lipinski definition) is 8. The average Bonchev–Trinajstić information content (AvgIpc) is 3.68. The number of rotatable bonds is 18. The molecule has 1 saturated heterocycles. The average molecular weight is 660 g/mol. The van der Waals surface area contributed by atoms with E-state index in [0.29, 0.717) is 25.4 Å². The second-order valence-electron chi connectivity index (χ2n) is 13.6. The van der Waals surface area contributed by atoms with E-state index in [4.69, 9.17) is 24.7 Å². The molecule has 2 aliphatic heterocycles. The van der Waals surface area contributed by atoms with Crippen LogP contribution in [0.25, 0.3) is 5.69 Å². The molecule has 2 aliphatic rings. The SMILES string of the molecule is COC(=O)CC(CN1CCC(CCc2ccc3c(n2)NCCC3)C1)c1cc(OCCCCCCCC(=O)O)cc(-n2nc(C)cc2C)c1. The van der Waals surface area contributed by atoms with Gasteiger partial charge < -0.3 is 24.8 Å². The largest absolute Gasteiger partial charge is 0.494 e. The van der Waals surface area contributed by atoms with Gasteiger partial charge in [0.15, 0.2) is 0 Å². The van der Waals surface area contributed by atoms with E-state index in [1.165, 1.54) is 19.1 Å². The summed E-state index contributed by atoms with van der Waals surface area (Å²) in [6.45, 7) is 8.39. The normalized spacial score (nSPS) is 16.7. The molecule has 0 aliphatic carbocycles. The van der Waals surface area contributed by atoms with Crippen LogP contribution in [0, 0.1) is 19.8 Å². The van der Waals surface area contributed by atoms with Gasteiger partial charge in [-0.3, -0.25) is 9.59 Å². The molecular formula is C38H53N5O5. The van der Waals surface area contributed by atoms with Crippen molar-refractivity contribution in [3.63, 3.8) is 0 Å². The minimum Gasteiger partial charge on any atom is -0.494 e. The number of aromatic nitrogens is 3. The van der Waals surface area contributed by atoms with Crippen LogP contribution in [0.4, 0.5) is 5.82 Å². The predicted molar refractivity (Wildman–Crippen MR) is 187 cm³/mol. The van der Waals surface area contributed by atoms with Crippen LogP contribution >= 0.6 is 0 Å². The van der Waals surface area contributed by atoms with Gasteiger partial charge in [0.05, 0.1) is 31.5 Å². The summed E-state index contributed by atoms with van der Waals surface area (Å²) in [7, 11) is 1.46. The van der Waals surface area contributed by atoms with Crippen LogP contribution in [0.15, 0.2) is 36.4 Å². The molecule has 0 bridgehead atoms. The van der Waals surface area contributed by atoms with Crippen LogP contribution in [0.1, 0.15) is 98.3 Å². The van der Waals surface area contributed by atoms with E-state index in [1.54, 1.807) is 0 Å². The van der Waals surface area contributed by atoms with E-state index < -0.39 is 5.97 Å². The lowest BCUT2D eigenvalue weighted by Crippen LogP contribution is -2.28. The third kappa shape index (κ3) is 10.3. The highest BCUT2D eigenvalue weighted by Gasteiger charge is 2.28. The van der Waals surface area contributed by atoms with Gasteiger partial charge in [0.2, 0.25) is 0 Å².